The summed E-state index contributed by atoms with van der Waals surface area (Å²) in [7, 11) is 0. The van der Waals surface area contributed by atoms with Crippen LogP contribution in [-0.2, 0) is 4.74 Å². The van der Waals surface area contributed by atoms with Crippen molar-refractivity contribution in [3.8, 4) is 0 Å². The van der Waals surface area contributed by atoms with Gasteiger partial charge in [-0.3, -0.25) is 9.59 Å². The number of ether oxygens (including phenoxy) is 1. The van der Waals surface area contributed by atoms with Crippen LogP contribution in [0.3, 0.4) is 0 Å². The minimum Gasteiger partial charge on any atom is -0.462 e. The van der Waals surface area contributed by atoms with Gasteiger partial charge in [0, 0.05) is 41.8 Å². The summed E-state index contributed by atoms with van der Waals surface area (Å²) in [6.45, 7) is 4.29. The molecule has 0 bridgehead atoms. The molecule has 0 spiro atoms. The van der Waals surface area contributed by atoms with E-state index in [0.29, 0.717) is 48.6 Å². The summed E-state index contributed by atoms with van der Waals surface area (Å²) in [5.41, 5.74) is 2.82. The standard InChI is InChI=1S/C27H26BrN3O4/c1-2-35-27(34)21-11-12-24(23(18-21)29-25(32)20-9-6-10-22(28)17-20)30-13-15-31(16-14-30)26(33)19-7-4-3-5-8-19/h3-12,17-18H,2,13-16H2,1H3,(H,29,32). The quantitative estimate of drug-likeness (QED) is 0.457. The zero-order valence-electron chi connectivity index (χ0n) is 19.4. The summed E-state index contributed by atoms with van der Waals surface area (Å²) < 4.78 is 5.94. The molecule has 1 N–H and O–H groups in total. The van der Waals surface area contributed by atoms with Crippen LogP contribution < -0.4 is 10.2 Å². The molecule has 1 heterocycles. The Morgan fingerprint density at radius 1 is 0.857 bits per heavy atom. The molecular formula is C27H26BrN3O4. The second-order valence-corrected chi connectivity index (χ2v) is 8.98. The molecule has 0 radical (unpaired) electrons. The molecule has 8 heteroatoms. The van der Waals surface area contributed by atoms with Gasteiger partial charge in [0.15, 0.2) is 0 Å². The predicted octanol–water partition coefficient (Wildman–Crippen LogP) is 4.84. The fraction of sp³-hybridized carbons (Fsp3) is 0.222. The van der Waals surface area contributed by atoms with Crippen molar-refractivity contribution >= 4 is 45.1 Å². The van der Waals surface area contributed by atoms with Crippen LogP contribution in [0, 0.1) is 0 Å². The van der Waals surface area contributed by atoms with E-state index in [1.165, 1.54) is 0 Å². The number of piperazine rings is 1. The lowest BCUT2D eigenvalue weighted by molar-refractivity contribution is 0.0526. The van der Waals surface area contributed by atoms with Crippen molar-refractivity contribution in [2.24, 2.45) is 0 Å². The van der Waals surface area contributed by atoms with Crippen molar-refractivity contribution < 1.29 is 19.1 Å². The predicted molar refractivity (Wildman–Crippen MR) is 139 cm³/mol. The summed E-state index contributed by atoms with van der Waals surface area (Å²) in [6.07, 6.45) is 0. The number of nitrogens with one attached hydrogen (secondary N) is 1. The Hall–Kier alpha value is -3.65. The molecule has 0 aliphatic carbocycles. The van der Waals surface area contributed by atoms with Crippen LogP contribution in [0.25, 0.3) is 0 Å². The first-order valence-corrected chi connectivity index (χ1v) is 12.2. The molecule has 7 nitrogen and oxygen atoms in total. The van der Waals surface area contributed by atoms with Gasteiger partial charge >= 0.3 is 5.97 Å². The number of nitrogens with zero attached hydrogens (tertiary/aromatic N) is 2. The maximum atomic E-state index is 13.0. The molecule has 1 aliphatic heterocycles. The smallest absolute Gasteiger partial charge is 0.338 e. The zero-order valence-corrected chi connectivity index (χ0v) is 21.0. The van der Waals surface area contributed by atoms with Crippen molar-refractivity contribution in [2.75, 3.05) is 43.0 Å². The van der Waals surface area contributed by atoms with Gasteiger partial charge in [-0.05, 0) is 55.5 Å². The Labute approximate surface area is 212 Å². The first-order chi connectivity index (χ1) is 17.0. The number of hydrogen-bond acceptors (Lipinski definition) is 5. The third-order valence-electron chi connectivity index (χ3n) is 5.77. The van der Waals surface area contributed by atoms with Crippen molar-refractivity contribution in [3.63, 3.8) is 0 Å². The van der Waals surface area contributed by atoms with Gasteiger partial charge in [-0.15, -0.1) is 0 Å². The summed E-state index contributed by atoms with van der Waals surface area (Å²) in [5.74, 6) is -0.729. The number of carbonyl (C=O) groups excluding carboxylic acids is 3. The van der Waals surface area contributed by atoms with Crippen LogP contribution >= 0.6 is 15.9 Å². The molecule has 1 aliphatic rings. The number of benzene rings is 3. The topological polar surface area (TPSA) is 79.0 Å². The minimum atomic E-state index is -0.449. The number of carbonyl (C=O) groups is 3. The lowest BCUT2D eigenvalue weighted by atomic mass is 10.1. The average molecular weight is 536 g/mol. The SMILES string of the molecule is CCOC(=O)c1ccc(N2CCN(C(=O)c3ccccc3)CC2)c(NC(=O)c2cccc(Br)c2)c1. The lowest BCUT2D eigenvalue weighted by Gasteiger charge is -2.37. The molecule has 4 rings (SSSR count). The van der Waals surface area contributed by atoms with Crippen LogP contribution in [0.5, 0.6) is 0 Å². The van der Waals surface area contributed by atoms with Gasteiger partial charge in [0.25, 0.3) is 11.8 Å². The van der Waals surface area contributed by atoms with E-state index in [9.17, 15) is 14.4 Å². The van der Waals surface area contributed by atoms with Gasteiger partial charge in [0.1, 0.15) is 0 Å². The highest BCUT2D eigenvalue weighted by atomic mass is 79.9. The fourth-order valence-corrected chi connectivity index (χ4v) is 4.39. The monoisotopic (exact) mass is 535 g/mol. The number of rotatable bonds is 6. The molecule has 35 heavy (non-hydrogen) atoms. The van der Waals surface area contributed by atoms with Crippen molar-refractivity contribution in [1.29, 1.82) is 0 Å². The van der Waals surface area contributed by atoms with Crippen molar-refractivity contribution in [1.82, 2.24) is 4.90 Å². The second-order valence-electron chi connectivity index (χ2n) is 8.06. The van der Waals surface area contributed by atoms with E-state index in [0.717, 1.165) is 10.2 Å². The summed E-state index contributed by atoms with van der Waals surface area (Å²) >= 11 is 3.39. The molecular weight excluding hydrogens is 510 g/mol. The van der Waals surface area contributed by atoms with Crippen LogP contribution in [0.1, 0.15) is 38.0 Å². The Balaban J connectivity index is 1.55. The minimum absolute atomic E-state index is 0.00564. The van der Waals surface area contributed by atoms with Gasteiger partial charge in [-0.1, -0.05) is 40.2 Å². The van der Waals surface area contributed by atoms with Crippen molar-refractivity contribution in [2.45, 2.75) is 6.92 Å². The Bertz CT molecular complexity index is 1220. The third-order valence-corrected chi connectivity index (χ3v) is 6.26. The number of anilines is 2. The number of amides is 2. The van der Waals surface area contributed by atoms with Crippen LogP contribution in [0.15, 0.2) is 77.3 Å². The molecule has 3 aromatic rings. The number of esters is 1. The molecule has 0 atom stereocenters. The largest absolute Gasteiger partial charge is 0.462 e. The van der Waals surface area contributed by atoms with E-state index in [1.54, 1.807) is 37.3 Å². The maximum Gasteiger partial charge on any atom is 0.338 e. The molecule has 2 amide bonds. The van der Waals surface area contributed by atoms with Gasteiger partial charge in [-0.25, -0.2) is 4.79 Å². The molecule has 1 fully saturated rings. The van der Waals surface area contributed by atoms with Gasteiger partial charge in [0.2, 0.25) is 0 Å². The zero-order chi connectivity index (χ0) is 24.8. The maximum absolute atomic E-state index is 13.0. The van der Waals surface area contributed by atoms with Crippen LogP contribution in [-0.4, -0.2) is 55.5 Å². The summed E-state index contributed by atoms with van der Waals surface area (Å²) in [4.78, 5) is 42.1. The normalized spacial score (nSPS) is 13.3. The highest BCUT2D eigenvalue weighted by Crippen LogP contribution is 2.30. The molecule has 1 saturated heterocycles. The molecule has 0 saturated carbocycles. The molecule has 180 valence electrons. The first-order valence-electron chi connectivity index (χ1n) is 11.4. The van der Waals surface area contributed by atoms with E-state index in [1.807, 2.05) is 47.4 Å². The summed E-state index contributed by atoms with van der Waals surface area (Å²) in [5, 5.41) is 2.96. The lowest BCUT2D eigenvalue weighted by Crippen LogP contribution is -2.49. The molecule has 0 aromatic heterocycles. The average Bonchev–Trinajstić information content (AvgIpc) is 2.89. The Morgan fingerprint density at radius 2 is 1.57 bits per heavy atom. The highest BCUT2D eigenvalue weighted by Gasteiger charge is 2.25. The summed E-state index contributed by atoms with van der Waals surface area (Å²) in [6, 6.07) is 21.5. The Morgan fingerprint density at radius 3 is 2.26 bits per heavy atom. The number of halogens is 1. The first kappa shape index (κ1) is 24.5. The van der Waals surface area contributed by atoms with E-state index in [4.69, 9.17) is 4.74 Å². The third kappa shape index (κ3) is 5.89. The Kier molecular flexibility index (Phi) is 7.82. The van der Waals surface area contributed by atoms with Crippen LogP contribution in [0.4, 0.5) is 11.4 Å². The second kappa shape index (κ2) is 11.2. The fourth-order valence-electron chi connectivity index (χ4n) is 3.99. The van der Waals surface area contributed by atoms with E-state index in [-0.39, 0.29) is 18.4 Å². The van der Waals surface area contributed by atoms with Gasteiger partial charge in [0.05, 0.1) is 23.5 Å². The molecule has 3 aromatic carbocycles. The van der Waals surface area contributed by atoms with E-state index >= 15 is 0 Å². The number of hydrogen-bond donors (Lipinski definition) is 1. The van der Waals surface area contributed by atoms with Gasteiger partial charge < -0.3 is 19.9 Å². The van der Waals surface area contributed by atoms with E-state index in [2.05, 4.69) is 26.1 Å². The van der Waals surface area contributed by atoms with E-state index < -0.39 is 5.97 Å². The highest BCUT2D eigenvalue weighted by molar-refractivity contribution is 9.10. The van der Waals surface area contributed by atoms with Gasteiger partial charge in [-0.2, -0.15) is 0 Å². The van der Waals surface area contributed by atoms with Crippen LogP contribution in [0.2, 0.25) is 0 Å². The van der Waals surface area contributed by atoms with Crippen molar-refractivity contribution in [3.05, 3.63) is 94.0 Å². The molecule has 0 unspecified atom stereocenters.